The molecule has 0 radical (unpaired) electrons. The maximum Gasteiger partial charge on any atom is 0.0761 e. The zero-order valence-electron chi connectivity index (χ0n) is 9.06. The molecule has 0 amide bonds. The van der Waals surface area contributed by atoms with E-state index in [0.717, 1.165) is 17.5 Å². The van der Waals surface area contributed by atoms with Crippen LogP contribution >= 0.6 is 0 Å². The summed E-state index contributed by atoms with van der Waals surface area (Å²) in [6.45, 7) is 2.09. The van der Waals surface area contributed by atoms with Crippen LogP contribution in [0.4, 0.5) is 0 Å². The molecule has 0 bridgehead atoms. The van der Waals surface area contributed by atoms with E-state index in [9.17, 15) is 5.11 Å². The van der Waals surface area contributed by atoms with Crippen LogP contribution in [0.25, 0.3) is 0 Å². The molecule has 82 valence electrons. The van der Waals surface area contributed by atoms with Gasteiger partial charge in [0, 0.05) is 6.42 Å². The lowest BCUT2D eigenvalue weighted by Gasteiger charge is -2.06. The van der Waals surface area contributed by atoms with E-state index in [2.05, 4.69) is 0 Å². The SMILES string of the molecule is CC/C=C/C(O)Cc1cccc(CO)c1. The van der Waals surface area contributed by atoms with Crippen LogP contribution in [0.1, 0.15) is 24.5 Å². The molecule has 1 aromatic carbocycles. The third kappa shape index (κ3) is 4.28. The zero-order valence-corrected chi connectivity index (χ0v) is 9.06. The fourth-order valence-corrected chi connectivity index (χ4v) is 1.46. The number of hydrogen-bond acceptors (Lipinski definition) is 2. The van der Waals surface area contributed by atoms with Gasteiger partial charge in [0.25, 0.3) is 0 Å². The maximum absolute atomic E-state index is 9.65. The second kappa shape index (κ2) is 6.38. The Bertz CT molecular complexity index is 318. The van der Waals surface area contributed by atoms with E-state index >= 15 is 0 Å². The van der Waals surface area contributed by atoms with E-state index in [4.69, 9.17) is 5.11 Å². The number of allylic oxidation sites excluding steroid dienone is 1. The van der Waals surface area contributed by atoms with Crippen molar-refractivity contribution in [3.05, 3.63) is 47.5 Å². The molecule has 0 fully saturated rings. The van der Waals surface area contributed by atoms with E-state index in [0.29, 0.717) is 6.42 Å². The fourth-order valence-electron chi connectivity index (χ4n) is 1.46. The minimum Gasteiger partial charge on any atom is -0.392 e. The van der Waals surface area contributed by atoms with Crippen LogP contribution in [0.5, 0.6) is 0 Å². The molecule has 2 heteroatoms. The second-order valence-electron chi connectivity index (χ2n) is 3.59. The Kier molecular flexibility index (Phi) is 5.08. The summed E-state index contributed by atoms with van der Waals surface area (Å²) >= 11 is 0. The number of hydrogen-bond donors (Lipinski definition) is 2. The molecule has 0 saturated carbocycles. The molecular formula is C13H18O2. The van der Waals surface area contributed by atoms with Gasteiger partial charge in [0.2, 0.25) is 0 Å². The Labute approximate surface area is 90.9 Å². The van der Waals surface area contributed by atoms with Gasteiger partial charge < -0.3 is 10.2 Å². The quantitative estimate of drug-likeness (QED) is 0.724. The summed E-state index contributed by atoms with van der Waals surface area (Å²) < 4.78 is 0. The van der Waals surface area contributed by atoms with Crippen LogP contribution in [-0.4, -0.2) is 16.3 Å². The van der Waals surface area contributed by atoms with Gasteiger partial charge in [-0.3, -0.25) is 0 Å². The molecule has 0 aliphatic carbocycles. The summed E-state index contributed by atoms with van der Waals surface area (Å²) in [4.78, 5) is 0. The van der Waals surface area contributed by atoms with E-state index in [1.807, 2.05) is 43.3 Å². The fraction of sp³-hybridized carbons (Fsp3) is 0.385. The summed E-state index contributed by atoms with van der Waals surface area (Å²) in [5.74, 6) is 0. The molecule has 0 saturated heterocycles. The summed E-state index contributed by atoms with van der Waals surface area (Å²) in [5, 5.41) is 18.6. The van der Waals surface area contributed by atoms with Gasteiger partial charge >= 0.3 is 0 Å². The molecule has 2 nitrogen and oxygen atoms in total. The first-order chi connectivity index (χ1) is 7.26. The maximum atomic E-state index is 9.65. The van der Waals surface area contributed by atoms with Gasteiger partial charge in [-0.25, -0.2) is 0 Å². The highest BCUT2D eigenvalue weighted by Gasteiger charge is 2.01. The third-order valence-corrected chi connectivity index (χ3v) is 2.21. The normalized spacial score (nSPS) is 13.3. The van der Waals surface area contributed by atoms with Crippen LogP contribution in [-0.2, 0) is 13.0 Å². The summed E-state index contributed by atoms with van der Waals surface area (Å²) in [6.07, 6.45) is 4.88. The second-order valence-corrected chi connectivity index (χ2v) is 3.59. The lowest BCUT2D eigenvalue weighted by molar-refractivity contribution is 0.223. The smallest absolute Gasteiger partial charge is 0.0761 e. The highest BCUT2D eigenvalue weighted by molar-refractivity contribution is 5.24. The first kappa shape index (κ1) is 12.0. The lowest BCUT2D eigenvalue weighted by atomic mass is 10.0. The number of aliphatic hydroxyl groups is 2. The molecule has 2 N–H and O–H groups in total. The average molecular weight is 206 g/mol. The van der Waals surface area contributed by atoms with Crippen molar-refractivity contribution in [1.82, 2.24) is 0 Å². The molecule has 0 heterocycles. The van der Waals surface area contributed by atoms with E-state index in [-0.39, 0.29) is 6.61 Å². The Hall–Kier alpha value is -1.12. The van der Waals surface area contributed by atoms with Gasteiger partial charge in [-0.1, -0.05) is 43.3 Å². The monoisotopic (exact) mass is 206 g/mol. The Morgan fingerprint density at radius 2 is 2.07 bits per heavy atom. The van der Waals surface area contributed by atoms with Crippen LogP contribution in [0, 0.1) is 0 Å². The van der Waals surface area contributed by atoms with Gasteiger partial charge in [0.15, 0.2) is 0 Å². The van der Waals surface area contributed by atoms with E-state index in [1.54, 1.807) is 0 Å². The Morgan fingerprint density at radius 1 is 1.33 bits per heavy atom. The topological polar surface area (TPSA) is 40.5 Å². The molecular weight excluding hydrogens is 188 g/mol. The third-order valence-electron chi connectivity index (χ3n) is 2.21. The zero-order chi connectivity index (χ0) is 11.1. The first-order valence-corrected chi connectivity index (χ1v) is 5.29. The first-order valence-electron chi connectivity index (χ1n) is 5.29. The van der Waals surface area contributed by atoms with Crippen molar-refractivity contribution < 1.29 is 10.2 Å². The molecule has 1 atom stereocenters. The number of aliphatic hydroxyl groups excluding tert-OH is 2. The summed E-state index contributed by atoms with van der Waals surface area (Å²) in [7, 11) is 0. The van der Waals surface area contributed by atoms with Gasteiger partial charge in [-0.2, -0.15) is 0 Å². The highest BCUT2D eigenvalue weighted by atomic mass is 16.3. The van der Waals surface area contributed by atoms with Crippen molar-refractivity contribution in [2.24, 2.45) is 0 Å². The number of benzene rings is 1. The summed E-state index contributed by atoms with van der Waals surface area (Å²) in [6, 6.07) is 7.65. The van der Waals surface area contributed by atoms with Crippen molar-refractivity contribution in [1.29, 1.82) is 0 Å². The predicted molar refractivity (Wildman–Crippen MR) is 61.5 cm³/mol. The number of rotatable bonds is 5. The molecule has 1 rings (SSSR count). The lowest BCUT2D eigenvalue weighted by Crippen LogP contribution is -2.06. The van der Waals surface area contributed by atoms with Crippen molar-refractivity contribution >= 4 is 0 Å². The van der Waals surface area contributed by atoms with Crippen LogP contribution in [0.3, 0.4) is 0 Å². The molecule has 15 heavy (non-hydrogen) atoms. The van der Waals surface area contributed by atoms with Gasteiger partial charge in [-0.15, -0.1) is 0 Å². The molecule has 1 aromatic rings. The van der Waals surface area contributed by atoms with E-state index in [1.165, 1.54) is 0 Å². The average Bonchev–Trinajstić information content (AvgIpc) is 2.26. The Balaban J connectivity index is 2.59. The van der Waals surface area contributed by atoms with Crippen molar-refractivity contribution in [2.45, 2.75) is 32.5 Å². The van der Waals surface area contributed by atoms with Gasteiger partial charge in [0.1, 0.15) is 0 Å². The van der Waals surface area contributed by atoms with Crippen LogP contribution in [0.15, 0.2) is 36.4 Å². The predicted octanol–water partition coefficient (Wildman–Crippen LogP) is 2.05. The van der Waals surface area contributed by atoms with E-state index < -0.39 is 6.10 Å². The minimum atomic E-state index is -0.432. The summed E-state index contributed by atoms with van der Waals surface area (Å²) in [5.41, 5.74) is 1.94. The van der Waals surface area contributed by atoms with Crippen molar-refractivity contribution in [2.75, 3.05) is 0 Å². The Morgan fingerprint density at radius 3 is 2.73 bits per heavy atom. The van der Waals surface area contributed by atoms with Crippen molar-refractivity contribution in [3.63, 3.8) is 0 Å². The minimum absolute atomic E-state index is 0.0503. The largest absolute Gasteiger partial charge is 0.392 e. The standard InChI is InChI=1S/C13H18O2/c1-2-3-7-13(15)9-11-5-4-6-12(8-11)10-14/h3-8,13-15H,2,9-10H2,1H3/b7-3+. The molecule has 0 aromatic heterocycles. The van der Waals surface area contributed by atoms with Crippen LogP contribution < -0.4 is 0 Å². The van der Waals surface area contributed by atoms with Gasteiger partial charge in [-0.05, 0) is 17.5 Å². The van der Waals surface area contributed by atoms with Crippen LogP contribution in [0.2, 0.25) is 0 Å². The molecule has 0 spiro atoms. The van der Waals surface area contributed by atoms with Crippen molar-refractivity contribution in [3.8, 4) is 0 Å². The van der Waals surface area contributed by atoms with Gasteiger partial charge in [0.05, 0.1) is 12.7 Å². The molecule has 1 unspecified atom stereocenters. The highest BCUT2D eigenvalue weighted by Crippen LogP contribution is 2.08. The molecule has 0 aliphatic rings. The molecule has 0 aliphatic heterocycles.